The van der Waals surface area contributed by atoms with Crippen molar-refractivity contribution in [1.29, 1.82) is 0 Å². The molecule has 7 heteroatoms. The highest BCUT2D eigenvalue weighted by Crippen LogP contribution is 2.12. The van der Waals surface area contributed by atoms with E-state index < -0.39 is 0 Å². The van der Waals surface area contributed by atoms with Gasteiger partial charge in [0.05, 0.1) is 0 Å². The van der Waals surface area contributed by atoms with Crippen molar-refractivity contribution in [3.63, 3.8) is 0 Å². The molecular formula is C17H22N6O. The molecule has 1 aliphatic rings. The summed E-state index contributed by atoms with van der Waals surface area (Å²) >= 11 is 0. The van der Waals surface area contributed by atoms with E-state index in [1.54, 1.807) is 18.5 Å². The number of carbonyl (C=O) groups excluding carboxylic acids is 1. The number of nitrogens with one attached hydrogen (secondary N) is 1. The smallest absolute Gasteiger partial charge is 0.272 e. The van der Waals surface area contributed by atoms with Gasteiger partial charge in [-0.15, -0.1) is 10.2 Å². The lowest BCUT2D eigenvalue weighted by Crippen LogP contribution is -2.46. The summed E-state index contributed by atoms with van der Waals surface area (Å²) in [6.45, 7) is 7.65. The molecule has 24 heavy (non-hydrogen) atoms. The standard InChI is InChI=1S/C17H22N6O/c1-2-22-9-11-23(12-10-22)16-4-3-15(20-21-16)17(24)19-13-14-5-7-18-8-6-14/h3-8H,2,9-13H2,1H3,(H,19,24). The number of rotatable bonds is 5. The third kappa shape index (κ3) is 4.05. The fourth-order valence-electron chi connectivity index (χ4n) is 2.68. The zero-order chi connectivity index (χ0) is 16.8. The van der Waals surface area contributed by atoms with Gasteiger partial charge in [-0.05, 0) is 36.4 Å². The minimum absolute atomic E-state index is 0.221. The molecule has 2 aromatic rings. The summed E-state index contributed by atoms with van der Waals surface area (Å²) in [5, 5.41) is 11.1. The van der Waals surface area contributed by atoms with Crippen LogP contribution in [-0.4, -0.2) is 58.7 Å². The predicted octanol–water partition coefficient (Wildman–Crippen LogP) is 0.943. The first-order valence-corrected chi connectivity index (χ1v) is 8.24. The molecule has 126 valence electrons. The summed E-state index contributed by atoms with van der Waals surface area (Å²) in [5.41, 5.74) is 1.33. The van der Waals surface area contributed by atoms with Gasteiger partial charge in [0, 0.05) is 45.1 Å². The number of amides is 1. The van der Waals surface area contributed by atoms with Crippen LogP contribution in [0.3, 0.4) is 0 Å². The fourth-order valence-corrected chi connectivity index (χ4v) is 2.68. The summed E-state index contributed by atoms with van der Waals surface area (Å²) in [6.07, 6.45) is 3.41. The van der Waals surface area contributed by atoms with Gasteiger partial charge in [-0.3, -0.25) is 9.78 Å². The first-order chi connectivity index (χ1) is 11.8. The largest absolute Gasteiger partial charge is 0.353 e. The zero-order valence-corrected chi connectivity index (χ0v) is 13.9. The van der Waals surface area contributed by atoms with Crippen LogP contribution in [0.2, 0.25) is 0 Å². The maximum atomic E-state index is 12.1. The van der Waals surface area contributed by atoms with E-state index in [9.17, 15) is 4.79 Å². The number of anilines is 1. The number of likely N-dealkylation sites (N-methyl/N-ethyl adjacent to an activating group) is 1. The Labute approximate surface area is 141 Å². The average molecular weight is 326 g/mol. The van der Waals surface area contributed by atoms with Gasteiger partial charge in [-0.1, -0.05) is 6.92 Å². The molecule has 0 aliphatic carbocycles. The first-order valence-electron chi connectivity index (χ1n) is 8.24. The lowest BCUT2D eigenvalue weighted by molar-refractivity contribution is 0.0945. The molecule has 3 rings (SSSR count). The van der Waals surface area contributed by atoms with Crippen LogP contribution in [0.15, 0.2) is 36.7 Å². The van der Waals surface area contributed by atoms with E-state index in [1.165, 1.54) is 0 Å². The van der Waals surface area contributed by atoms with Gasteiger partial charge < -0.3 is 15.1 Å². The van der Waals surface area contributed by atoms with E-state index in [-0.39, 0.29) is 5.91 Å². The molecule has 0 unspecified atom stereocenters. The molecule has 3 heterocycles. The minimum Gasteiger partial charge on any atom is -0.353 e. The van der Waals surface area contributed by atoms with E-state index in [1.807, 2.05) is 18.2 Å². The van der Waals surface area contributed by atoms with Crippen molar-refractivity contribution in [2.45, 2.75) is 13.5 Å². The monoisotopic (exact) mass is 326 g/mol. The van der Waals surface area contributed by atoms with Crippen LogP contribution < -0.4 is 10.2 Å². The highest BCUT2D eigenvalue weighted by atomic mass is 16.1. The zero-order valence-electron chi connectivity index (χ0n) is 13.9. The van der Waals surface area contributed by atoms with E-state index in [4.69, 9.17) is 0 Å². The van der Waals surface area contributed by atoms with E-state index in [0.29, 0.717) is 12.2 Å². The Morgan fingerprint density at radius 2 is 1.83 bits per heavy atom. The van der Waals surface area contributed by atoms with E-state index in [2.05, 4.69) is 37.2 Å². The van der Waals surface area contributed by atoms with Crippen molar-refractivity contribution in [1.82, 2.24) is 25.4 Å². The Hall–Kier alpha value is -2.54. The molecular weight excluding hydrogens is 304 g/mol. The topological polar surface area (TPSA) is 74.2 Å². The van der Waals surface area contributed by atoms with Crippen molar-refractivity contribution >= 4 is 11.7 Å². The minimum atomic E-state index is -0.221. The fraction of sp³-hybridized carbons (Fsp3) is 0.412. The Balaban J connectivity index is 1.55. The molecule has 1 amide bonds. The van der Waals surface area contributed by atoms with Gasteiger partial charge in [-0.2, -0.15) is 0 Å². The van der Waals surface area contributed by atoms with Gasteiger partial charge in [0.25, 0.3) is 5.91 Å². The van der Waals surface area contributed by atoms with Gasteiger partial charge in [0.2, 0.25) is 0 Å². The SMILES string of the molecule is CCN1CCN(c2ccc(C(=O)NCc3ccncc3)nn2)CC1. The molecule has 0 atom stereocenters. The van der Waals surface area contributed by atoms with Crippen molar-refractivity contribution < 1.29 is 4.79 Å². The Morgan fingerprint density at radius 3 is 2.46 bits per heavy atom. The number of hydrogen-bond donors (Lipinski definition) is 1. The average Bonchev–Trinajstić information content (AvgIpc) is 2.67. The summed E-state index contributed by atoms with van der Waals surface area (Å²) in [5.74, 6) is 0.609. The van der Waals surface area contributed by atoms with Crippen molar-refractivity contribution in [3.05, 3.63) is 47.9 Å². The molecule has 0 bridgehead atoms. The van der Waals surface area contributed by atoms with Crippen molar-refractivity contribution in [3.8, 4) is 0 Å². The number of aromatic nitrogens is 3. The lowest BCUT2D eigenvalue weighted by atomic mass is 10.2. The predicted molar refractivity (Wildman–Crippen MR) is 91.8 cm³/mol. The second kappa shape index (κ2) is 7.83. The molecule has 1 fully saturated rings. The lowest BCUT2D eigenvalue weighted by Gasteiger charge is -2.34. The Bertz CT molecular complexity index is 653. The van der Waals surface area contributed by atoms with Crippen molar-refractivity contribution in [2.75, 3.05) is 37.6 Å². The van der Waals surface area contributed by atoms with Crippen LogP contribution in [0.25, 0.3) is 0 Å². The maximum absolute atomic E-state index is 12.1. The molecule has 7 nitrogen and oxygen atoms in total. The van der Waals surface area contributed by atoms with Crippen LogP contribution in [-0.2, 0) is 6.54 Å². The molecule has 1 saturated heterocycles. The number of piperazine rings is 1. The third-order valence-corrected chi connectivity index (χ3v) is 4.23. The third-order valence-electron chi connectivity index (χ3n) is 4.23. The van der Waals surface area contributed by atoms with Gasteiger partial charge in [-0.25, -0.2) is 0 Å². The first kappa shape index (κ1) is 16.3. The van der Waals surface area contributed by atoms with Crippen LogP contribution in [0.5, 0.6) is 0 Å². The number of pyridine rings is 1. The quantitative estimate of drug-likeness (QED) is 0.881. The van der Waals surface area contributed by atoms with E-state index >= 15 is 0 Å². The van der Waals surface area contributed by atoms with Crippen LogP contribution in [0.4, 0.5) is 5.82 Å². The summed E-state index contributed by atoms with van der Waals surface area (Å²) in [6, 6.07) is 7.34. The molecule has 2 aromatic heterocycles. The molecule has 0 saturated carbocycles. The molecule has 0 aromatic carbocycles. The second-order valence-corrected chi connectivity index (χ2v) is 5.74. The Kier molecular flexibility index (Phi) is 5.32. The van der Waals surface area contributed by atoms with E-state index in [0.717, 1.165) is 44.1 Å². The second-order valence-electron chi connectivity index (χ2n) is 5.74. The van der Waals surface area contributed by atoms with Crippen LogP contribution in [0.1, 0.15) is 23.0 Å². The van der Waals surface area contributed by atoms with Crippen molar-refractivity contribution in [2.24, 2.45) is 0 Å². The van der Waals surface area contributed by atoms with Crippen LogP contribution in [0, 0.1) is 0 Å². The normalized spacial score (nSPS) is 15.3. The van der Waals surface area contributed by atoms with Gasteiger partial charge >= 0.3 is 0 Å². The van der Waals surface area contributed by atoms with Gasteiger partial charge in [0.15, 0.2) is 11.5 Å². The van der Waals surface area contributed by atoms with Gasteiger partial charge in [0.1, 0.15) is 0 Å². The number of carbonyl (C=O) groups is 1. The summed E-state index contributed by atoms with van der Waals surface area (Å²) in [7, 11) is 0. The number of nitrogens with zero attached hydrogens (tertiary/aromatic N) is 5. The van der Waals surface area contributed by atoms with Crippen LogP contribution >= 0.6 is 0 Å². The maximum Gasteiger partial charge on any atom is 0.272 e. The molecule has 0 spiro atoms. The number of hydrogen-bond acceptors (Lipinski definition) is 6. The summed E-state index contributed by atoms with van der Waals surface area (Å²) < 4.78 is 0. The molecule has 1 N–H and O–H groups in total. The highest BCUT2D eigenvalue weighted by molar-refractivity contribution is 5.92. The summed E-state index contributed by atoms with van der Waals surface area (Å²) in [4.78, 5) is 20.7. The Morgan fingerprint density at radius 1 is 1.08 bits per heavy atom. The molecule has 0 radical (unpaired) electrons. The highest BCUT2D eigenvalue weighted by Gasteiger charge is 2.17. The molecule has 1 aliphatic heterocycles.